The lowest BCUT2D eigenvalue weighted by molar-refractivity contribution is -0.383. The summed E-state index contributed by atoms with van der Waals surface area (Å²) in [6.45, 7) is 0. The number of rotatable bonds is 1. The van der Waals surface area contributed by atoms with Crippen LogP contribution in [0.15, 0.2) is 16.6 Å². The minimum absolute atomic E-state index is 0.0256. The SMILES string of the molecule is Nc1nc2c([N+](=O)[O-])cc(Br)cc2s1. The van der Waals surface area contributed by atoms with Crippen molar-refractivity contribution in [3.63, 3.8) is 0 Å². The number of aromatic nitrogens is 1. The van der Waals surface area contributed by atoms with E-state index >= 15 is 0 Å². The Labute approximate surface area is 90.8 Å². The molecule has 0 unspecified atom stereocenters. The van der Waals surface area contributed by atoms with Crippen molar-refractivity contribution < 1.29 is 4.92 Å². The lowest BCUT2D eigenvalue weighted by Gasteiger charge is -1.93. The maximum absolute atomic E-state index is 10.7. The molecule has 0 saturated heterocycles. The van der Waals surface area contributed by atoms with E-state index in [1.807, 2.05) is 0 Å². The van der Waals surface area contributed by atoms with Crippen molar-refractivity contribution in [3.05, 3.63) is 26.7 Å². The highest BCUT2D eigenvalue weighted by molar-refractivity contribution is 9.10. The first-order valence-corrected chi connectivity index (χ1v) is 5.19. The van der Waals surface area contributed by atoms with Gasteiger partial charge in [0.15, 0.2) is 10.6 Å². The summed E-state index contributed by atoms with van der Waals surface area (Å²) in [6, 6.07) is 3.18. The Morgan fingerprint density at radius 2 is 2.29 bits per heavy atom. The molecular formula is C7H4BrN3O2S. The molecule has 0 bridgehead atoms. The fraction of sp³-hybridized carbons (Fsp3) is 0. The summed E-state index contributed by atoms with van der Waals surface area (Å²) in [5.74, 6) is 0. The Bertz CT molecular complexity index is 525. The summed E-state index contributed by atoms with van der Waals surface area (Å²) in [6.07, 6.45) is 0. The third-order valence-electron chi connectivity index (χ3n) is 1.65. The predicted molar refractivity (Wildman–Crippen MR) is 58.4 cm³/mol. The van der Waals surface area contributed by atoms with Gasteiger partial charge in [-0.05, 0) is 6.07 Å². The van der Waals surface area contributed by atoms with Gasteiger partial charge in [-0.3, -0.25) is 10.1 Å². The topological polar surface area (TPSA) is 82.0 Å². The first-order chi connectivity index (χ1) is 6.58. The van der Waals surface area contributed by atoms with Crippen LogP contribution in [-0.2, 0) is 0 Å². The van der Waals surface area contributed by atoms with Crippen LogP contribution in [0.4, 0.5) is 10.8 Å². The number of nitro benzene ring substituents is 1. The van der Waals surface area contributed by atoms with Crippen LogP contribution in [0, 0.1) is 10.1 Å². The first kappa shape index (κ1) is 9.35. The van der Waals surface area contributed by atoms with E-state index in [1.54, 1.807) is 6.07 Å². The highest BCUT2D eigenvalue weighted by Gasteiger charge is 2.16. The molecule has 2 N–H and O–H groups in total. The molecule has 0 aliphatic rings. The highest BCUT2D eigenvalue weighted by Crippen LogP contribution is 2.33. The van der Waals surface area contributed by atoms with Crippen molar-refractivity contribution in [2.75, 3.05) is 5.73 Å². The summed E-state index contributed by atoms with van der Waals surface area (Å²) in [7, 11) is 0. The van der Waals surface area contributed by atoms with Crippen molar-refractivity contribution in [2.24, 2.45) is 0 Å². The fourth-order valence-corrected chi connectivity index (χ4v) is 2.53. The molecule has 2 rings (SSSR count). The molecule has 0 aliphatic heterocycles. The largest absolute Gasteiger partial charge is 0.375 e. The number of fused-ring (bicyclic) bond motifs is 1. The normalized spacial score (nSPS) is 10.6. The van der Waals surface area contributed by atoms with Crippen molar-refractivity contribution in [3.8, 4) is 0 Å². The Morgan fingerprint density at radius 1 is 1.57 bits per heavy atom. The number of thiazole rings is 1. The number of nitro groups is 1. The molecule has 0 amide bonds. The average molecular weight is 274 g/mol. The van der Waals surface area contributed by atoms with Crippen LogP contribution in [0.3, 0.4) is 0 Å². The molecule has 0 spiro atoms. The van der Waals surface area contributed by atoms with E-state index in [0.29, 0.717) is 19.8 Å². The van der Waals surface area contributed by atoms with Crippen LogP contribution in [0.2, 0.25) is 0 Å². The quantitative estimate of drug-likeness (QED) is 0.640. The number of nitrogens with zero attached hydrogens (tertiary/aromatic N) is 2. The third-order valence-corrected chi connectivity index (χ3v) is 2.94. The monoisotopic (exact) mass is 273 g/mol. The molecular weight excluding hydrogens is 270 g/mol. The lowest BCUT2D eigenvalue weighted by atomic mass is 10.3. The number of non-ortho nitro benzene ring substituents is 1. The van der Waals surface area contributed by atoms with E-state index in [1.165, 1.54) is 17.4 Å². The molecule has 2 aromatic rings. The van der Waals surface area contributed by atoms with Crippen molar-refractivity contribution in [1.82, 2.24) is 4.98 Å². The van der Waals surface area contributed by atoms with Crippen LogP contribution < -0.4 is 5.73 Å². The number of halogens is 1. The zero-order valence-electron chi connectivity index (χ0n) is 6.73. The Balaban J connectivity index is 2.85. The minimum Gasteiger partial charge on any atom is -0.375 e. The highest BCUT2D eigenvalue weighted by atomic mass is 79.9. The van der Waals surface area contributed by atoms with E-state index in [0.717, 1.165) is 0 Å². The molecule has 1 aromatic heterocycles. The molecule has 0 atom stereocenters. The number of hydrogen-bond donors (Lipinski definition) is 1. The standard InChI is InChI=1S/C7H4BrN3O2S/c8-3-1-4(11(12)13)6-5(2-3)14-7(9)10-6/h1-2H,(H2,9,10). The Kier molecular flexibility index (Phi) is 2.12. The molecule has 5 nitrogen and oxygen atoms in total. The molecule has 1 aromatic carbocycles. The Morgan fingerprint density at radius 3 is 2.93 bits per heavy atom. The number of anilines is 1. The van der Waals surface area contributed by atoms with Crippen molar-refractivity contribution >= 4 is 48.3 Å². The Hall–Kier alpha value is -1.21. The smallest absolute Gasteiger partial charge is 0.297 e. The van der Waals surface area contributed by atoms with E-state index in [9.17, 15) is 10.1 Å². The molecule has 0 aliphatic carbocycles. The molecule has 1 heterocycles. The third kappa shape index (κ3) is 1.44. The van der Waals surface area contributed by atoms with Gasteiger partial charge < -0.3 is 5.73 Å². The van der Waals surface area contributed by atoms with Gasteiger partial charge in [0.2, 0.25) is 0 Å². The van der Waals surface area contributed by atoms with Crippen LogP contribution in [0.5, 0.6) is 0 Å². The molecule has 7 heteroatoms. The van der Waals surface area contributed by atoms with Gasteiger partial charge in [0, 0.05) is 10.5 Å². The summed E-state index contributed by atoms with van der Waals surface area (Å²) < 4.78 is 1.36. The maximum atomic E-state index is 10.7. The van der Waals surface area contributed by atoms with Gasteiger partial charge in [0.1, 0.15) is 0 Å². The van der Waals surface area contributed by atoms with Crippen LogP contribution >= 0.6 is 27.3 Å². The molecule has 14 heavy (non-hydrogen) atoms. The minimum atomic E-state index is -0.466. The van der Waals surface area contributed by atoms with Gasteiger partial charge in [-0.15, -0.1) is 0 Å². The van der Waals surface area contributed by atoms with Gasteiger partial charge in [-0.1, -0.05) is 27.3 Å². The van der Waals surface area contributed by atoms with Crippen LogP contribution in [-0.4, -0.2) is 9.91 Å². The predicted octanol–water partition coefficient (Wildman–Crippen LogP) is 2.55. The zero-order valence-corrected chi connectivity index (χ0v) is 9.13. The summed E-state index contributed by atoms with van der Waals surface area (Å²) in [5, 5.41) is 11.0. The van der Waals surface area contributed by atoms with Gasteiger partial charge in [0.05, 0.1) is 9.62 Å². The molecule has 0 saturated carbocycles. The van der Waals surface area contributed by atoms with Crippen LogP contribution in [0.1, 0.15) is 0 Å². The number of hydrogen-bond acceptors (Lipinski definition) is 5. The molecule has 72 valence electrons. The molecule has 0 radical (unpaired) electrons. The second-order valence-electron chi connectivity index (χ2n) is 2.58. The summed E-state index contributed by atoms with van der Waals surface area (Å²) in [5.41, 5.74) is 5.80. The van der Waals surface area contributed by atoms with E-state index in [4.69, 9.17) is 5.73 Å². The fourth-order valence-electron chi connectivity index (χ4n) is 1.14. The van der Waals surface area contributed by atoms with E-state index < -0.39 is 4.92 Å². The molecule has 0 fully saturated rings. The van der Waals surface area contributed by atoms with Gasteiger partial charge >= 0.3 is 0 Å². The second-order valence-corrected chi connectivity index (χ2v) is 4.56. The van der Waals surface area contributed by atoms with Crippen molar-refractivity contribution in [1.29, 1.82) is 0 Å². The first-order valence-electron chi connectivity index (χ1n) is 3.58. The number of nitrogen functional groups attached to an aromatic ring is 1. The van der Waals surface area contributed by atoms with Gasteiger partial charge in [-0.2, -0.15) is 0 Å². The average Bonchev–Trinajstić information content (AvgIpc) is 2.42. The van der Waals surface area contributed by atoms with Crippen molar-refractivity contribution in [2.45, 2.75) is 0 Å². The second kappa shape index (κ2) is 3.18. The summed E-state index contributed by atoms with van der Waals surface area (Å²) in [4.78, 5) is 14.1. The maximum Gasteiger partial charge on any atom is 0.297 e. The van der Waals surface area contributed by atoms with Gasteiger partial charge in [-0.25, -0.2) is 4.98 Å². The van der Waals surface area contributed by atoms with Crippen LogP contribution in [0.25, 0.3) is 10.2 Å². The number of benzene rings is 1. The lowest BCUT2D eigenvalue weighted by Crippen LogP contribution is -1.89. The number of nitrogens with two attached hydrogens (primary N) is 1. The van der Waals surface area contributed by atoms with Gasteiger partial charge in [0.25, 0.3) is 5.69 Å². The summed E-state index contributed by atoms with van der Waals surface area (Å²) >= 11 is 4.42. The van der Waals surface area contributed by atoms with E-state index in [-0.39, 0.29) is 5.69 Å². The zero-order chi connectivity index (χ0) is 10.3. The van der Waals surface area contributed by atoms with E-state index in [2.05, 4.69) is 20.9 Å².